The molecule has 2 rings (SSSR count). The van der Waals surface area contributed by atoms with Crippen molar-refractivity contribution in [1.82, 2.24) is 0 Å². The van der Waals surface area contributed by atoms with Gasteiger partial charge in [-0.2, -0.15) is 0 Å². The van der Waals surface area contributed by atoms with E-state index in [9.17, 15) is 0 Å². The molecule has 1 fully saturated rings. The summed E-state index contributed by atoms with van der Waals surface area (Å²) in [5.41, 5.74) is 1.03. The highest BCUT2D eigenvalue weighted by atomic mass is 16.7. The number of ether oxygens (including phenoxy) is 2. The molecule has 0 aliphatic carbocycles. The molecule has 0 radical (unpaired) electrons. The van der Waals surface area contributed by atoms with E-state index in [-0.39, 0.29) is 6.29 Å². The van der Waals surface area contributed by atoms with Crippen LogP contribution in [0.15, 0.2) is 30.8 Å². The van der Waals surface area contributed by atoms with Crippen LogP contribution < -0.4 is 4.74 Å². The quantitative estimate of drug-likeness (QED) is 0.783. The van der Waals surface area contributed by atoms with Gasteiger partial charge in [0, 0.05) is 12.0 Å². The Balaban J connectivity index is 2.00. The maximum atomic E-state index is 5.92. The molecule has 2 nitrogen and oxygen atoms in total. The Hall–Kier alpha value is -1.28. The first kappa shape index (κ1) is 12.2. The van der Waals surface area contributed by atoms with Gasteiger partial charge in [-0.15, -0.1) is 0 Å². The molecule has 2 heteroatoms. The molecule has 1 aromatic carbocycles. The molecule has 0 N–H and O–H groups in total. The van der Waals surface area contributed by atoms with Crippen molar-refractivity contribution in [1.29, 1.82) is 0 Å². The fourth-order valence-electron chi connectivity index (χ4n) is 2.06. The van der Waals surface area contributed by atoms with Crippen molar-refractivity contribution in [3.05, 3.63) is 36.4 Å². The average Bonchev–Trinajstić information content (AvgIpc) is 2.33. The van der Waals surface area contributed by atoms with Crippen molar-refractivity contribution in [2.45, 2.75) is 38.4 Å². The van der Waals surface area contributed by atoms with E-state index in [2.05, 4.69) is 6.58 Å². The fourth-order valence-corrected chi connectivity index (χ4v) is 2.06. The Bertz CT molecular complexity index is 352. The molecule has 1 aromatic rings. The molecule has 1 aliphatic rings. The van der Waals surface area contributed by atoms with Crippen LogP contribution in [0.1, 0.15) is 37.7 Å². The lowest BCUT2D eigenvalue weighted by Crippen LogP contribution is -2.22. The van der Waals surface area contributed by atoms with Gasteiger partial charge >= 0.3 is 0 Å². The molecule has 1 aliphatic heterocycles. The van der Waals surface area contributed by atoms with Crippen molar-refractivity contribution in [2.24, 2.45) is 0 Å². The molecule has 0 spiro atoms. The summed E-state index contributed by atoms with van der Waals surface area (Å²) in [6, 6.07) is 7.94. The molecule has 0 amide bonds. The van der Waals surface area contributed by atoms with Crippen LogP contribution >= 0.6 is 0 Å². The minimum absolute atomic E-state index is 0.101. The summed E-state index contributed by atoms with van der Waals surface area (Å²) < 4.78 is 11.6. The Labute approximate surface area is 103 Å². The lowest BCUT2D eigenvalue weighted by Gasteiger charge is -2.22. The van der Waals surface area contributed by atoms with Gasteiger partial charge in [-0.05, 0) is 18.9 Å². The Morgan fingerprint density at radius 3 is 2.88 bits per heavy atom. The minimum Gasteiger partial charge on any atom is -0.464 e. The largest absolute Gasteiger partial charge is 0.464 e. The molecule has 1 unspecified atom stereocenters. The second-order valence-electron chi connectivity index (χ2n) is 4.36. The molecular formula is C15H20O2. The van der Waals surface area contributed by atoms with Crippen LogP contribution in [-0.2, 0) is 4.74 Å². The highest BCUT2D eigenvalue weighted by Crippen LogP contribution is 2.23. The van der Waals surface area contributed by atoms with E-state index in [4.69, 9.17) is 9.47 Å². The third-order valence-corrected chi connectivity index (χ3v) is 3.04. The third-order valence-electron chi connectivity index (χ3n) is 3.04. The second kappa shape index (κ2) is 6.45. The van der Waals surface area contributed by atoms with Gasteiger partial charge in [0.15, 0.2) is 6.29 Å². The molecule has 1 saturated heterocycles. The fraction of sp³-hybridized carbons (Fsp3) is 0.467. The number of hydrogen-bond acceptors (Lipinski definition) is 2. The molecule has 0 aromatic heterocycles. The summed E-state index contributed by atoms with van der Waals surface area (Å²) in [5, 5.41) is 0. The third kappa shape index (κ3) is 3.60. The molecular weight excluding hydrogens is 212 g/mol. The van der Waals surface area contributed by atoms with Crippen LogP contribution in [-0.4, -0.2) is 12.9 Å². The van der Waals surface area contributed by atoms with Crippen LogP contribution in [0.2, 0.25) is 0 Å². The van der Waals surface area contributed by atoms with Crippen LogP contribution in [0.3, 0.4) is 0 Å². The van der Waals surface area contributed by atoms with Crippen molar-refractivity contribution in [3.8, 4) is 5.75 Å². The standard InChI is InChI=1S/C15H20O2/c1-2-13-9-6-7-10-14(13)17-15-11-5-3-4-8-12-16-15/h2,6-7,9-10,15H,1,3-5,8,11-12H2. The van der Waals surface area contributed by atoms with E-state index in [0.717, 1.165) is 30.8 Å². The zero-order valence-corrected chi connectivity index (χ0v) is 10.2. The van der Waals surface area contributed by atoms with E-state index in [1.54, 1.807) is 0 Å². The van der Waals surface area contributed by atoms with Gasteiger partial charge in [0.2, 0.25) is 0 Å². The summed E-state index contributed by atoms with van der Waals surface area (Å²) in [7, 11) is 0. The van der Waals surface area contributed by atoms with Gasteiger partial charge < -0.3 is 9.47 Å². The first-order chi connectivity index (χ1) is 8.40. The smallest absolute Gasteiger partial charge is 0.199 e. The van der Waals surface area contributed by atoms with E-state index in [1.807, 2.05) is 30.3 Å². The van der Waals surface area contributed by atoms with E-state index in [1.165, 1.54) is 19.3 Å². The molecule has 1 heterocycles. The molecule has 17 heavy (non-hydrogen) atoms. The first-order valence-corrected chi connectivity index (χ1v) is 6.40. The summed E-state index contributed by atoms with van der Waals surface area (Å²) >= 11 is 0. The summed E-state index contributed by atoms with van der Waals surface area (Å²) in [4.78, 5) is 0. The molecule has 92 valence electrons. The van der Waals surface area contributed by atoms with Crippen LogP contribution in [0.5, 0.6) is 5.75 Å². The van der Waals surface area contributed by atoms with Gasteiger partial charge in [-0.1, -0.05) is 43.7 Å². The van der Waals surface area contributed by atoms with Crippen molar-refractivity contribution >= 4 is 6.08 Å². The Morgan fingerprint density at radius 2 is 2.00 bits per heavy atom. The predicted molar refractivity (Wildman–Crippen MR) is 70.0 cm³/mol. The van der Waals surface area contributed by atoms with Gasteiger partial charge in [0.25, 0.3) is 0 Å². The van der Waals surface area contributed by atoms with Crippen LogP contribution in [0.25, 0.3) is 6.08 Å². The van der Waals surface area contributed by atoms with E-state index in [0.29, 0.717) is 0 Å². The highest BCUT2D eigenvalue weighted by molar-refractivity contribution is 5.55. The minimum atomic E-state index is -0.101. The van der Waals surface area contributed by atoms with Gasteiger partial charge in [0.1, 0.15) is 5.75 Å². The zero-order valence-electron chi connectivity index (χ0n) is 10.2. The Morgan fingerprint density at radius 1 is 1.18 bits per heavy atom. The van der Waals surface area contributed by atoms with Gasteiger partial charge in [0.05, 0.1) is 6.61 Å². The lowest BCUT2D eigenvalue weighted by atomic mass is 10.1. The summed E-state index contributed by atoms with van der Waals surface area (Å²) in [6.45, 7) is 4.60. The number of para-hydroxylation sites is 1. The SMILES string of the molecule is C=Cc1ccccc1OC1CCCCCCO1. The zero-order chi connectivity index (χ0) is 11.9. The summed E-state index contributed by atoms with van der Waals surface area (Å²) in [6.07, 6.45) is 7.58. The van der Waals surface area contributed by atoms with Crippen LogP contribution in [0.4, 0.5) is 0 Å². The van der Waals surface area contributed by atoms with Gasteiger partial charge in [-0.25, -0.2) is 0 Å². The topological polar surface area (TPSA) is 18.5 Å². The molecule has 0 saturated carbocycles. The monoisotopic (exact) mass is 232 g/mol. The van der Waals surface area contributed by atoms with Crippen molar-refractivity contribution < 1.29 is 9.47 Å². The summed E-state index contributed by atoms with van der Waals surface area (Å²) in [5.74, 6) is 0.869. The molecule has 0 bridgehead atoms. The normalized spacial score (nSPS) is 21.3. The predicted octanol–water partition coefficient (Wildman–Crippen LogP) is 4.02. The number of rotatable bonds is 3. The van der Waals surface area contributed by atoms with E-state index >= 15 is 0 Å². The maximum absolute atomic E-state index is 5.92. The van der Waals surface area contributed by atoms with Crippen LogP contribution in [0, 0.1) is 0 Å². The number of hydrogen-bond donors (Lipinski definition) is 0. The van der Waals surface area contributed by atoms with Crippen molar-refractivity contribution in [2.75, 3.05) is 6.61 Å². The first-order valence-electron chi connectivity index (χ1n) is 6.40. The van der Waals surface area contributed by atoms with E-state index < -0.39 is 0 Å². The Kier molecular flexibility index (Phi) is 4.63. The van der Waals surface area contributed by atoms with Crippen molar-refractivity contribution in [3.63, 3.8) is 0 Å². The number of benzene rings is 1. The lowest BCUT2D eigenvalue weighted by molar-refractivity contribution is -0.0910. The van der Waals surface area contributed by atoms with Gasteiger partial charge in [-0.3, -0.25) is 0 Å². The second-order valence-corrected chi connectivity index (χ2v) is 4.36. The highest BCUT2D eigenvalue weighted by Gasteiger charge is 2.14. The maximum Gasteiger partial charge on any atom is 0.199 e. The average molecular weight is 232 g/mol. The molecule has 1 atom stereocenters.